The van der Waals surface area contributed by atoms with Crippen molar-refractivity contribution in [1.29, 1.82) is 0 Å². The van der Waals surface area contributed by atoms with Gasteiger partial charge in [0.25, 0.3) is 0 Å². The molecule has 0 saturated heterocycles. The molecule has 2 rings (SSSR count). The summed E-state index contributed by atoms with van der Waals surface area (Å²) in [7, 11) is 0. The first-order valence-electron chi connectivity index (χ1n) is 8.16. The van der Waals surface area contributed by atoms with Gasteiger partial charge in [0.1, 0.15) is 0 Å². The summed E-state index contributed by atoms with van der Waals surface area (Å²) < 4.78 is 7.72. The van der Waals surface area contributed by atoms with Crippen molar-refractivity contribution < 1.29 is 4.74 Å². The fraction of sp³-hybridized carbons (Fsp3) is 0.812. The fourth-order valence-electron chi connectivity index (χ4n) is 2.39. The number of ether oxygens (including phenoxy) is 1. The highest BCUT2D eigenvalue weighted by Crippen LogP contribution is 2.28. The molecular formula is C16H29N3O. The van der Waals surface area contributed by atoms with E-state index in [4.69, 9.17) is 4.74 Å². The quantitative estimate of drug-likeness (QED) is 0.632. The highest BCUT2D eigenvalue weighted by molar-refractivity contribution is 4.99. The monoisotopic (exact) mass is 279 g/mol. The lowest BCUT2D eigenvalue weighted by atomic mass is 10.2. The lowest BCUT2D eigenvalue weighted by molar-refractivity contribution is 0.122. The van der Waals surface area contributed by atoms with Crippen molar-refractivity contribution in [3.63, 3.8) is 0 Å². The molecule has 1 saturated carbocycles. The first kappa shape index (κ1) is 15.5. The summed E-state index contributed by atoms with van der Waals surface area (Å²) in [5, 5.41) is 8.08. The Balaban J connectivity index is 1.54. The Morgan fingerprint density at radius 2 is 2.20 bits per heavy atom. The maximum Gasteiger partial charge on any atom is 0.0762 e. The second-order valence-electron chi connectivity index (χ2n) is 5.81. The molecule has 4 heteroatoms. The Bertz CT molecular complexity index is 370. The molecule has 0 aromatic carbocycles. The SMILES string of the molecule is CCC(CC)n1ccc(CNCCCOCC2CC2)n1. The van der Waals surface area contributed by atoms with Crippen LogP contribution in [0.5, 0.6) is 0 Å². The predicted octanol–water partition coefficient (Wildman–Crippen LogP) is 3.15. The molecule has 20 heavy (non-hydrogen) atoms. The summed E-state index contributed by atoms with van der Waals surface area (Å²) in [5.41, 5.74) is 1.13. The number of nitrogens with zero attached hydrogens (tertiary/aromatic N) is 2. The number of nitrogens with one attached hydrogen (secondary N) is 1. The number of rotatable bonds is 11. The Morgan fingerprint density at radius 3 is 2.90 bits per heavy atom. The molecule has 1 N–H and O–H groups in total. The third-order valence-corrected chi connectivity index (χ3v) is 3.98. The second kappa shape index (κ2) is 8.42. The summed E-state index contributed by atoms with van der Waals surface area (Å²) in [6.45, 7) is 8.15. The number of hydrogen-bond donors (Lipinski definition) is 1. The van der Waals surface area contributed by atoms with Crippen LogP contribution in [0.4, 0.5) is 0 Å². The second-order valence-corrected chi connectivity index (χ2v) is 5.81. The average molecular weight is 279 g/mol. The van der Waals surface area contributed by atoms with Crippen molar-refractivity contribution in [2.75, 3.05) is 19.8 Å². The van der Waals surface area contributed by atoms with Gasteiger partial charge in [0.05, 0.1) is 11.7 Å². The van der Waals surface area contributed by atoms with E-state index in [2.05, 4.69) is 41.2 Å². The first-order valence-corrected chi connectivity index (χ1v) is 8.16. The molecule has 0 aliphatic heterocycles. The van der Waals surface area contributed by atoms with Crippen LogP contribution in [0.25, 0.3) is 0 Å². The molecule has 1 fully saturated rings. The third kappa shape index (κ3) is 5.25. The van der Waals surface area contributed by atoms with Gasteiger partial charge in [0.15, 0.2) is 0 Å². The van der Waals surface area contributed by atoms with Crippen molar-refractivity contribution >= 4 is 0 Å². The van der Waals surface area contributed by atoms with Crippen LogP contribution in [0.3, 0.4) is 0 Å². The largest absolute Gasteiger partial charge is 0.381 e. The standard InChI is InChI=1S/C16H29N3O/c1-3-16(4-2)19-10-8-15(18-19)12-17-9-5-11-20-13-14-6-7-14/h8,10,14,16-17H,3-7,9,11-13H2,1-2H3. The topological polar surface area (TPSA) is 39.1 Å². The Morgan fingerprint density at radius 1 is 1.40 bits per heavy atom. The van der Waals surface area contributed by atoms with Gasteiger partial charge in [-0.25, -0.2) is 0 Å². The van der Waals surface area contributed by atoms with Crippen LogP contribution in [-0.4, -0.2) is 29.5 Å². The van der Waals surface area contributed by atoms with Crippen LogP contribution in [0.1, 0.15) is 57.7 Å². The van der Waals surface area contributed by atoms with Crippen LogP contribution in [0, 0.1) is 5.92 Å². The van der Waals surface area contributed by atoms with Gasteiger partial charge < -0.3 is 10.1 Å². The molecule has 1 aromatic heterocycles. The molecule has 4 nitrogen and oxygen atoms in total. The van der Waals surface area contributed by atoms with Crippen molar-refractivity contribution in [2.45, 2.75) is 58.5 Å². The van der Waals surface area contributed by atoms with E-state index in [1.165, 1.54) is 12.8 Å². The van der Waals surface area contributed by atoms with Crippen LogP contribution >= 0.6 is 0 Å². The molecule has 0 bridgehead atoms. The molecule has 1 aromatic rings. The van der Waals surface area contributed by atoms with Gasteiger partial charge in [-0.15, -0.1) is 0 Å². The minimum absolute atomic E-state index is 0.541. The van der Waals surface area contributed by atoms with Crippen molar-refractivity contribution in [3.8, 4) is 0 Å². The highest BCUT2D eigenvalue weighted by atomic mass is 16.5. The predicted molar refractivity (Wildman–Crippen MR) is 81.7 cm³/mol. The average Bonchev–Trinajstić information content (AvgIpc) is 3.17. The molecule has 1 aliphatic carbocycles. The van der Waals surface area contributed by atoms with E-state index < -0.39 is 0 Å². The van der Waals surface area contributed by atoms with E-state index in [9.17, 15) is 0 Å². The van der Waals surface area contributed by atoms with E-state index in [0.717, 1.165) is 57.2 Å². The molecule has 1 heterocycles. The minimum Gasteiger partial charge on any atom is -0.381 e. The van der Waals surface area contributed by atoms with Gasteiger partial charge >= 0.3 is 0 Å². The molecule has 114 valence electrons. The van der Waals surface area contributed by atoms with Gasteiger partial charge in [-0.05, 0) is 50.6 Å². The lowest BCUT2D eigenvalue weighted by Gasteiger charge is -2.12. The summed E-state index contributed by atoms with van der Waals surface area (Å²) >= 11 is 0. The van der Waals surface area contributed by atoms with Crippen LogP contribution < -0.4 is 5.32 Å². The fourth-order valence-corrected chi connectivity index (χ4v) is 2.39. The third-order valence-electron chi connectivity index (χ3n) is 3.98. The molecule has 0 unspecified atom stereocenters. The van der Waals surface area contributed by atoms with Gasteiger partial charge in [0, 0.05) is 26.0 Å². The molecule has 0 spiro atoms. The lowest BCUT2D eigenvalue weighted by Crippen LogP contribution is -2.17. The van der Waals surface area contributed by atoms with Gasteiger partial charge in [-0.3, -0.25) is 4.68 Å². The Labute approximate surface area is 122 Å². The van der Waals surface area contributed by atoms with Gasteiger partial charge in [-0.1, -0.05) is 13.8 Å². The summed E-state index contributed by atoms with van der Waals surface area (Å²) in [5.74, 6) is 0.872. The van der Waals surface area contributed by atoms with Crippen molar-refractivity contribution in [1.82, 2.24) is 15.1 Å². The maximum absolute atomic E-state index is 5.61. The van der Waals surface area contributed by atoms with E-state index in [0.29, 0.717) is 6.04 Å². The van der Waals surface area contributed by atoms with Crippen molar-refractivity contribution in [2.24, 2.45) is 5.92 Å². The zero-order valence-electron chi connectivity index (χ0n) is 13.0. The van der Waals surface area contributed by atoms with E-state index in [-0.39, 0.29) is 0 Å². The van der Waals surface area contributed by atoms with Gasteiger partial charge in [-0.2, -0.15) is 5.10 Å². The maximum atomic E-state index is 5.61. The first-order chi connectivity index (χ1) is 9.83. The van der Waals surface area contributed by atoms with E-state index >= 15 is 0 Å². The molecule has 0 radical (unpaired) electrons. The number of aromatic nitrogens is 2. The molecule has 0 atom stereocenters. The van der Waals surface area contributed by atoms with Crippen LogP contribution in [-0.2, 0) is 11.3 Å². The molecule has 1 aliphatic rings. The van der Waals surface area contributed by atoms with E-state index in [1.54, 1.807) is 0 Å². The summed E-state index contributed by atoms with van der Waals surface area (Å²) in [6.07, 6.45) is 8.22. The summed E-state index contributed by atoms with van der Waals surface area (Å²) in [6, 6.07) is 2.66. The molecular weight excluding hydrogens is 250 g/mol. The zero-order valence-corrected chi connectivity index (χ0v) is 13.0. The minimum atomic E-state index is 0.541. The Kier molecular flexibility index (Phi) is 6.54. The summed E-state index contributed by atoms with van der Waals surface area (Å²) in [4.78, 5) is 0. The smallest absolute Gasteiger partial charge is 0.0762 e. The highest BCUT2D eigenvalue weighted by Gasteiger charge is 2.20. The van der Waals surface area contributed by atoms with Crippen molar-refractivity contribution in [3.05, 3.63) is 18.0 Å². The zero-order chi connectivity index (χ0) is 14.2. The molecule has 0 amide bonds. The van der Waals surface area contributed by atoms with Crippen LogP contribution in [0.2, 0.25) is 0 Å². The van der Waals surface area contributed by atoms with Crippen LogP contribution in [0.15, 0.2) is 12.3 Å². The van der Waals surface area contributed by atoms with Gasteiger partial charge in [0.2, 0.25) is 0 Å². The normalized spacial score (nSPS) is 15.2. The Hall–Kier alpha value is -0.870. The van der Waals surface area contributed by atoms with E-state index in [1.807, 2.05) is 0 Å². The number of hydrogen-bond acceptors (Lipinski definition) is 3.